The maximum absolute atomic E-state index is 13.1. The molecule has 0 saturated carbocycles. The largest absolute Gasteiger partial charge is 0.480 e. The van der Waals surface area contributed by atoms with Crippen LogP contribution in [0.15, 0.2) is 54.6 Å². The van der Waals surface area contributed by atoms with Crippen LogP contribution in [0.25, 0.3) is 0 Å². The number of nitrogens with zero attached hydrogens (tertiary/aromatic N) is 4. The van der Waals surface area contributed by atoms with Crippen molar-refractivity contribution in [3.05, 3.63) is 77.4 Å². The fourth-order valence-electron chi connectivity index (χ4n) is 4.02. The van der Waals surface area contributed by atoms with E-state index in [2.05, 4.69) is 15.5 Å². The zero-order valence-corrected chi connectivity index (χ0v) is 19.5. The first kappa shape index (κ1) is 23.9. The normalized spacial score (nSPS) is 15.2. The van der Waals surface area contributed by atoms with Gasteiger partial charge in [-0.1, -0.05) is 42.5 Å². The van der Waals surface area contributed by atoms with Crippen molar-refractivity contribution in [1.82, 2.24) is 25.0 Å². The number of amides is 2. The maximum atomic E-state index is 13.1. The average molecular weight is 478 g/mol. The van der Waals surface area contributed by atoms with E-state index in [0.29, 0.717) is 36.4 Å². The van der Waals surface area contributed by atoms with Crippen LogP contribution in [-0.2, 0) is 28.9 Å². The Labute approximate surface area is 202 Å². The number of carboxylic acid groups (broad SMARTS) is 1. The summed E-state index contributed by atoms with van der Waals surface area (Å²) in [7, 11) is 3.16. The Morgan fingerprint density at radius 2 is 1.80 bits per heavy atom. The van der Waals surface area contributed by atoms with Crippen molar-refractivity contribution in [2.45, 2.75) is 37.8 Å². The molecule has 2 heterocycles. The van der Waals surface area contributed by atoms with E-state index in [1.165, 1.54) is 4.90 Å². The highest BCUT2D eigenvalue weighted by molar-refractivity contribution is 5.86. The first-order chi connectivity index (χ1) is 16.8. The summed E-state index contributed by atoms with van der Waals surface area (Å²) in [5.74, 6) is 0.250. The summed E-state index contributed by atoms with van der Waals surface area (Å²) in [5.41, 5.74) is 1.74. The van der Waals surface area contributed by atoms with Crippen LogP contribution in [0.3, 0.4) is 0 Å². The summed E-state index contributed by atoms with van der Waals surface area (Å²) in [6.45, 7) is 0. The van der Waals surface area contributed by atoms with E-state index in [9.17, 15) is 19.5 Å². The molecule has 35 heavy (non-hydrogen) atoms. The predicted octanol–water partition coefficient (Wildman–Crippen LogP) is 2.23. The monoisotopic (exact) mass is 477 g/mol. The van der Waals surface area contributed by atoms with Crippen molar-refractivity contribution in [2.24, 2.45) is 0 Å². The lowest BCUT2D eigenvalue weighted by atomic mass is 10.0. The van der Waals surface area contributed by atoms with Gasteiger partial charge >= 0.3 is 12.1 Å². The van der Waals surface area contributed by atoms with Gasteiger partial charge in [0.15, 0.2) is 0 Å². The highest BCUT2D eigenvalue weighted by Gasteiger charge is 2.34. The van der Waals surface area contributed by atoms with Gasteiger partial charge in [0.2, 0.25) is 5.91 Å². The van der Waals surface area contributed by atoms with Gasteiger partial charge < -0.3 is 24.6 Å². The van der Waals surface area contributed by atoms with E-state index in [1.807, 2.05) is 34.9 Å². The molecule has 3 aromatic rings. The van der Waals surface area contributed by atoms with Gasteiger partial charge in [-0.3, -0.25) is 4.79 Å². The van der Waals surface area contributed by atoms with Crippen molar-refractivity contribution in [3.8, 4) is 5.75 Å². The maximum Gasteiger partial charge on any atom is 0.414 e. The Bertz CT molecular complexity index is 1210. The van der Waals surface area contributed by atoms with Gasteiger partial charge in [-0.25, -0.2) is 9.59 Å². The van der Waals surface area contributed by atoms with Gasteiger partial charge in [0.1, 0.15) is 29.5 Å². The number of rotatable bonds is 8. The molecule has 2 N–H and O–H groups in total. The lowest BCUT2D eigenvalue weighted by Gasteiger charge is -2.20. The molecule has 2 atom stereocenters. The number of hydrogen-bond donors (Lipinski definition) is 2. The fraction of sp³-hybridized carbons (Fsp3) is 0.320. The Morgan fingerprint density at radius 1 is 1.09 bits per heavy atom. The molecule has 0 spiro atoms. The van der Waals surface area contributed by atoms with Crippen LogP contribution in [0.1, 0.15) is 35.2 Å². The number of aromatic nitrogens is 3. The van der Waals surface area contributed by atoms with E-state index in [4.69, 9.17) is 4.74 Å². The van der Waals surface area contributed by atoms with E-state index in [-0.39, 0.29) is 12.3 Å². The minimum atomic E-state index is -1.13. The number of benzene rings is 2. The molecular formula is C25H27N5O5. The third-order valence-electron chi connectivity index (χ3n) is 5.85. The Kier molecular flexibility index (Phi) is 7.09. The summed E-state index contributed by atoms with van der Waals surface area (Å²) in [6.07, 6.45) is 1.25. The van der Waals surface area contributed by atoms with E-state index in [1.54, 1.807) is 38.4 Å². The first-order valence-electron chi connectivity index (χ1n) is 11.3. The second-order valence-electron chi connectivity index (χ2n) is 8.63. The molecule has 1 aromatic heterocycles. The number of ether oxygens (including phenoxy) is 1. The van der Waals surface area contributed by atoms with Crippen molar-refractivity contribution in [3.63, 3.8) is 0 Å². The van der Waals surface area contributed by atoms with Crippen molar-refractivity contribution >= 4 is 18.0 Å². The van der Waals surface area contributed by atoms with Crippen LogP contribution in [0.5, 0.6) is 5.75 Å². The lowest BCUT2D eigenvalue weighted by Crippen LogP contribution is -2.45. The molecule has 0 radical (unpaired) electrons. The molecule has 4 rings (SSSR count). The Hall–Kier alpha value is -4.21. The van der Waals surface area contributed by atoms with Gasteiger partial charge in [0, 0.05) is 33.4 Å². The van der Waals surface area contributed by atoms with Crippen molar-refractivity contribution in [2.75, 3.05) is 14.1 Å². The van der Waals surface area contributed by atoms with Gasteiger partial charge in [0.05, 0.1) is 0 Å². The SMILES string of the molecule is CN(C)C(=O)Oc1ccc(C[C@H](NC(=O)[C@@H]2CCc3nnc(Cc4ccccc4)n32)C(=O)O)cc1. The summed E-state index contributed by atoms with van der Waals surface area (Å²) >= 11 is 0. The molecular weight excluding hydrogens is 450 g/mol. The number of nitrogens with one attached hydrogen (secondary N) is 1. The number of carbonyl (C=O) groups is 3. The number of aliphatic carboxylic acids is 1. The molecule has 182 valence electrons. The van der Waals surface area contributed by atoms with Crippen LogP contribution in [-0.4, -0.2) is 62.9 Å². The lowest BCUT2D eigenvalue weighted by molar-refractivity contribution is -0.142. The zero-order valence-electron chi connectivity index (χ0n) is 19.5. The van der Waals surface area contributed by atoms with Crippen LogP contribution >= 0.6 is 0 Å². The summed E-state index contributed by atoms with van der Waals surface area (Å²) in [4.78, 5) is 38.0. The van der Waals surface area contributed by atoms with E-state index < -0.39 is 24.1 Å². The van der Waals surface area contributed by atoms with Crippen LogP contribution < -0.4 is 10.1 Å². The average Bonchev–Trinajstić information content (AvgIpc) is 3.43. The zero-order chi connectivity index (χ0) is 24.9. The molecule has 10 nitrogen and oxygen atoms in total. The molecule has 1 aliphatic heterocycles. The number of aryl methyl sites for hydroxylation is 1. The van der Waals surface area contributed by atoms with Crippen LogP contribution in [0.2, 0.25) is 0 Å². The number of carbonyl (C=O) groups excluding carboxylic acids is 2. The minimum absolute atomic E-state index is 0.0849. The van der Waals surface area contributed by atoms with Gasteiger partial charge in [-0.2, -0.15) is 0 Å². The van der Waals surface area contributed by atoms with Crippen LogP contribution in [0.4, 0.5) is 4.79 Å². The second-order valence-corrected chi connectivity index (χ2v) is 8.63. The fourth-order valence-corrected chi connectivity index (χ4v) is 4.02. The number of carboxylic acids is 1. The predicted molar refractivity (Wildman–Crippen MR) is 126 cm³/mol. The Balaban J connectivity index is 1.43. The van der Waals surface area contributed by atoms with Gasteiger partial charge in [-0.05, 0) is 29.7 Å². The molecule has 0 unspecified atom stereocenters. The highest BCUT2D eigenvalue weighted by atomic mass is 16.6. The smallest absolute Gasteiger partial charge is 0.414 e. The van der Waals surface area contributed by atoms with E-state index in [0.717, 1.165) is 11.4 Å². The third kappa shape index (κ3) is 5.65. The molecule has 10 heteroatoms. The second kappa shape index (κ2) is 10.4. The first-order valence-corrected chi connectivity index (χ1v) is 11.3. The molecule has 0 bridgehead atoms. The van der Waals surface area contributed by atoms with Crippen molar-refractivity contribution < 1.29 is 24.2 Å². The summed E-state index contributed by atoms with van der Waals surface area (Å²) in [6, 6.07) is 14.6. The molecule has 0 fully saturated rings. The molecule has 1 aliphatic rings. The standard InChI is InChI=1S/C25H27N5O5/c1-29(2)25(34)35-18-10-8-17(9-11-18)14-19(24(32)33)26-23(31)20-12-13-21-27-28-22(30(20)21)15-16-6-4-3-5-7-16/h3-11,19-20H,12-15H2,1-2H3,(H,26,31)(H,32,33)/t19-,20-/m0/s1. The summed E-state index contributed by atoms with van der Waals surface area (Å²) < 4.78 is 7.01. The minimum Gasteiger partial charge on any atom is -0.480 e. The number of hydrogen-bond acceptors (Lipinski definition) is 6. The molecule has 2 amide bonds. The van der Waals surface area contributed by atoms with Crippen molar-refractivity contribution in [1.29, 1.82) is 0 Å². The molecule has 0 aliphatic carbocycles. The number of fused-ring (bicyclic) bond motifs is 1. The highest BCUT2D eigenvalue weighted by Crippen LogP contribution is 2.27. The molecule has 0 saturated heterocycles. The Morgan fingerprint density at radius 3 is 2.46 bits per heavy atom. The quantitative estimate of drug-likeness (QED) is 0.509. The summed E-state index contributed by atoms with van der Waals surface area (Å²) in [5, 5.41) is 20.9. The topological polar surface area (TPSA) is 127 Å². The molecule has 2 aromatic carbocycles. The van der Waals surface area contributed by atoms with Gasteiger partial charge in [0.25, 0.3) is 0 Å². The van der Waals surface area contributed by atoms with Gasteiger partial charge in [-0.15, -0.1) is 10.2 Å². The third-order valence-corrected chi connectivity index (χ3v) is 5.85. The van der Waals surface area contributed by atoms with Crippen LogP contribution in [0, 0.1) is 0 Å². The van der Waals surface area contributed by atoms with E-state index >= 15 is 0 Å².